The first-order chi connectivity index (χ1) is 15.0. The van der Waals surface area contributed by atoms with Crippen LogP contribution in [-0.2, 0) is 14.8 Å². The summed E-state index contributed by atoms with van der Waals surface area (Å²) in [5.41, 5.74) is 0.348. The zero-order chi connectivity index (χ0) is 22.1. The van der Waals surface area contributed by atoms with Gasteiger partial charge >= 0.3 is 0 Å². The molecule has 1 N–H and O–H groups in total. The van der Waals surface area contributed by atoms with Crippen molar-refractivity contribution in [2.45, 2.75) is 31.1 Å². The van der Waals surface area contributed by atoms with Crippen LogP contribution in [0.15, 0.2) is 59.5 Å². The molecule has 0 spiro atoms. The summed E-state index contributed by atoms with van der Waals surface area (Å²) in [5, 5.41) is 2.87. The van der Waals surface area contributed by atoms with Gasteiger partial charge < -0.3 is 15.0 Å². The Balaban J connectivity index is 1.75. The van der Waals surface area contributed by atoms with Crippen LogP contribution >= 0.6 is 0 Å². The van der Waals surface area contributed by atoms with E-state index in [0.717, 1.165) is 30.4 Å². The largest absolute Gasteiger partial charge is 0.492 e. The van der Waals surface area contributed by atoms with Crippen LogP contribution in [-0.4, -0.2) is 58.6 Å². The number of para-hydroxylation sites is 2. The van der Waals surface area contributed by atoms with Crippen LogP contribution in [0.1, 0.15) is 26.2 Å². The van der Waals surface area contributed by atoms with Crippen LogP contribution in [0, 0.1) is 0 Å². The second kappa shape index (κ2) is 11.2. The van der Waals surface area contributed by atoms with Crippen molar-refractivity contribution in [2.75, 3.05) is 43.6 Å². The highest BCUT2D eigenvalue weighted by atomic mass is 32.2. The average Bonchev–Trinajstić information content (AvgIpc) is 3.30. The van der Waals surface area contributed by atoms with Gasteiger partial charge in [0, 0.05) is 6.54 Å². The molecule has 1 amide bonds. The molecule has 0 aliphatic carbocycles. The molecule has 2 aromatic carbocycles. The first kappa shape index (κ1) is 23.1. The van der Waals surface area contributed by atoms with Gasteiger partial charge in [0.1, 0.15) is 12.3 Å². The highest BCUT2D eigenvalue weighted by Gasteiger charge is 2.29. The predicted octanol–water partition coefficient (Wildman–Crippen LogP) is 2.88. The molecule has 168 valence electrons. The Morgan fingerprint density at radius 3 is 2.45 bits per heavy atom. The highest BCUT2D eigenvalue weighted by Crippen LogP contribution is 2.32. The third kappa shape index (κ3) is 6.21. The van der Waals surface area contributed by atoms with Crippen LogP contribution in [0.25, 0.3) is 0 Å². The Bertz CT molecular complexity index is 944. The maximum Gasteiger partial charge on any atom is 0.264 e. The number of sulfonamides is 1. The Hall–Kier alpha value is -2.58. The van der Waals surface area contributed by atoms with E-state index in [0.29, 0.717) is 24.6 Å². The first-order valence-corrected chi connectivity index (χ1v) is 12.2. The number of nitrogens with one attached hydrogen (secondary N) is 1. The molecule has 0 aromatic heterocycles. The number of ether oxygens (including phenoxy) is 1. The molecule has 1 fully saturated rings. The first-order valence-electron chi connectivity index (χ1n) is 10.8. The van der Waals surface area contributed by atoms with E-state index in [4.69, 9.17) is 4.74 Å². The van der Waals surface area contributed by atoms with Gasteiger partial charge in [0.2, 0.25) is 5.91 Å². The van der Waals surface area contributed by atoms with Crippen LogP contribution in [0.2, 0.25) is 0 Å². The lowest BCUT2D eigenvalue weighted by Gasteiger charge is -2.26. The van der Waals surface area contributed by atoms with Crippen LogP contribution < -0.4 is 14.4 Å². The summed E-state index contributed by atoms with van der Waals surface area (Å²) in [6.07, 6.45) is 3.31. The second-order valence-electron chi connectivity index (χ2n) is 7.48. The summed E-state index contributed by atoms with van der Waals surface area (Å²) in [5.74, 6) is 0.0820. The molecule has 1 aliphatic rings. The molecule has 0 saturated carbocycles. The van der Waals surface area contributed by atoms with Crippen LogP contribution in [0.3, 0.4) is 0 Å². The van der Waals surface area contributed by atoms with E-state index in [1.807, 2.05) is 6.92 Å². The SMILES string of the molecule is CCOc1ccccc1N(CC(=O)NCCCN1CCCC1)S(=O)(=O)c1ccccc1. The normalized spacial score (nSPS) is 14.4. The quantitative estimate of drug-likeness (QED) is 0.538. The lowest BCUT2D eigenvalue weighted by Crippen LogP contribution is -2.41. The van der Waals surface area contributed by atoms with Gasteiger partial charge in [-0.1, -0.05) is 30.3 Å². The van der Waals surface area contributed by atoms with Crippen molar-refractivity contribution in [1.29, 1.82) is 0 Å². The lowest BCUT2D eigenvalue weighted by molar-refractivity contribution is -0.119. The summed E-state index contributed by atoms with van der Waals surface area (Å²) >= 11 is 0. The molecule has 2 aromatic rings. The molecule has 0 unspecified atom stereocenters. The fraction of sp³-hybridized carbons (Fsp3) is 0.435. The van der Waals surface area contributed by atoms with Gasteiger partial charge in [-0.3, -0.25) is 9.10 Å². The number of anilines is 1. The summed E-state index contributed by atoms with van der Waals surface area (Å²) < 4.78 is 33.6. The molecule has 31 heavy (non-hydrogen) atoms. The summed E-state index contributed by atoms with van der Waals surface area (Å²) in [6.45, 7) is 5.60. The third-order valence-electron chi connectivity index (χ3n) is 5.22. The average molecular weight is 446 g/mol. The standard InChI is InChI=1S/C23H31N3O4S/c1-2-30-22-14-7-6-13-21(22)26(31(28,29)20-11-4-3-5-12-20)19-23(27)24-15-10-18-25-16-8-9-17-25/h3-7,11-14H,2,8-10,15-19H2,1H3,(H,24,27). The number of likely N-dealkylation sites (tertiary alicyclic amines) is 1. The van der Waals surface area contributed by atoms with E-state index < -0.39 is 10.0 Å². The minimum atomic E-state index is -3.95. The number of hydrogen-bond acceptors (Lipinski definition) is 5. The number of nitrogens with zero attached hydrogens (tertiary/aromatic N) is 2. The summed E-state index contributed by atoms with van der Waals surface area (Å²) in [6, 6.07) is 15.0. The predicted molar refractivity (Wildman–Crippen MR) is 122 cm³/mol. The van der Waals surface area contributed by atoms with Gasteiger partial charge in [-0.15, -0.1) is 0 Å². The Kier molecular flexibility index (Phi) is 8.31. The van der Waals surface area contributed by atoms with E-state index in [1.165, 1.54) is 25.0 Å². The Labute approximate surface area is 185 Å². The number of amides is 1. The summed E-state index contributed by atoms with van der Waals surface area (Å²) in [4.78, 5) is 15.2. The number of hydrogen-bond donors (Lipinski definition) is 1. The minimum Gasteiger partial charge on any atom is -0.492 e. The molecule has 1 heterocycles. The van der Waals surface area contributed by atoms with E-state index in [9.17, 15) is 13.2 Å². The molecule has 0 atom stereocenters. The van der Waals surface area contributed by atoms with E-state index in [1.54, 1.807) is 42.5 Å². The second-order valence-corrected chi connectivity index (χ2v) is 9.34. The topological polar surface area (TPSA) is 79.0 Å². The Morgan fingerprint density at radius 2 is 1.74 bits per heavy atom. The number of carbonyl (C=O) groups excluding carboxylic acids is 1. The third-order valence-corrected chi connectivity index (χ3v) is 7.00. The molecule has 1 saturated heterocycles. The lowest BCUT2D eigenvalue weighted by atomic mass is 10.3. The van der Waals surface area contributed by atoms with Gasteiger partial charge in [0.25, 0.3) is 10.0 Å². The van der Waals surface area contributed by atoms with E-state index in [2.05, 4.69) is 10.2 Å². The Morgan fingerprint density at radius 1 is 1.06 bits per heavy atom. The van der Waals surface area contributed by atoms with Gasteiger partial charge in [-0.05, 0) is 70.1 Å². The van der Waals surface area contributed by atoms with Crippen molar-refractivity contribution in [3.8, 4) is 5.75 Å². The van der Waals surface area contributed by atoms with Crippen LogP contribution in [0.4, 0.5) is 5.69 Å². The van der Waals surface area contributed by atoms with Crippen molar-refractivity contribution in [3.05, 3.63) is 54.6 Å². The fourth-order valence-corrected chi connectivity index (χ4v) is 5.14. The molecule has 7 nitrogen and oxygen atoms in total. The maximum absolute atomic E-state index is 13.4. The molecule has 0 radical (unpaired) electrons. The van der Waals surface area contributed by atoms with Gasteiger partial charge in [-0.25, -0.2) is 8.42 Å². The number of rotatable bonds is 11. The fourth-order valence-electron chi connectivity index (χ4n) is 3.68. The number of carbonyl (C=O) groups is 1. The summed E-state index contributed by atoms with van der Waals surface area (Å²) in [7, 11) is -3.95. The van der Waals surface area contributed by atoms with Crippen molar-refractivity contribution in [1.82, 2.24) is 10.2 Å². The van der Waals surface area contributed by atoms with Crippen molar-refractivity contribution >= 4 is 21.6 Å². The van der Waals surface area contributed by atoms with Gasteiger partial charge in [0.15, 0.2) is 0 Å². The zero-order valence-corrected chi connectivity index (χ0v) is 18.8. The molecule has 1 aliphatic heterocycles. The zero-order valence-electron chi connectivity index (χ0n) is 18.0. The van der Waals surface area contributed by atoms with Crippen molar-refractivity contribution in [2.24, 2.45) is 0 Å². The van der Waals surface area contributed by atoms with Gasteiger partial charge in [0.05, 0.1) is 17.2 Å². The van der Waals surface area contributed by atoms with Gasteiger partial charge in [-0.2, -0.15) is 0 Å². The molecule has 3 rings (SSSR count). The molecule has 0 bridgehead atoms. The monoisotopic (exact) mass is 445 g/mol. The highest BCUT2D eigenvalue weighted by molar-refractivity contribution is 7.92. The van der Waals surface area contributed by atoms with Crippen molar-refractivity contribution < 1.29 is 17.9 Å². The van der Waals surface area contributed by atoms with Crippen LogP contribution in [0.5, 0.6) is 5.75 Å². The minimum absolute atomic E-state index is 0.128. The number of benzene rings is 2. The molecule has 8 heteroatoms. The van der Waals surface area contributed by atoms with E-state index in [-0.39, 0.29) is 17.3 Å². The maximum atomic E-state index is 13.4. The molecular formula is C23H31N3O4S. The van der Waals surface area contributed by atoms with Crippen molar-refractivity contribution in [3.63, 3.8) is 0 Å². The molecular weight excluding hydrogens is 414 g/mol. The van der Waals surface area contributed by atoms with E-state index >= 15 is 0 Å². The smallest absolute Gasteiger partial charge is 0.264 e.